The van der Waals surface area contributed by atoms with Crippen LogP contribution in [-0.4, -0.2) is 17.4 Å². The minimum Gasteiger partial charge on any atom is -0.335 e. The quantitative estimate of drug-likeness (QED) is 0.827. The zero-order valence-electron chi connectivity index (χ0n) is 11.1. The third-order valence-corrected chi connectivity index (χ3v) is 5.09. The van der Waals surface area contributed by atoms with E-state index in [0.717, 1.165) is 24.9 Å². The minimum atomic E-state index is 0.175. The van der Waals surface area contributed by atoms with Crippen molar-refractivity contribution in [2.24, 2.45) is 0 Å². The van der Waals surface area contributed by atoms with Gasteiger partial charge in [-0.3, -0.25) is 4.79 Å². The lowest BCUT2D eigenvalue weighted by Gasteiger charge is -2.24. The Kier molecular flexibility index (Phi) is 4.08. The van der Waals surface area contributed by atoms with Gasteiger partial charge in [0.25, 0.3) is 0 Å². The van der Waals surface area contributed by atoms with E-state index in [-0.39, 0.29) is 11.9 Å². The predicted octanol–water partition coefficient (Wildman–Crippen LogP) is 4.31. The number of halogens is 1. The maximum absolute atomic E-state index is 12.5. The molecule has 2 heterocycles. The summed E-state index contributed by atoms with van der Waals surface area (Å²) in [6.45, 7) is 0.853. The van der Waals surface area contributed by atoms with Crippen molar-refractivity contribution >= 4 is 28.8 Å². The second-order valence-corrected chi connectivity index (χ2v) is 6.42. The van der Waals surface area contributed by atoms with Gasteiger partial charge in [0.1, 0.15) is 0 Å². The maximum atomic E-state index is 12.5. The first-order valence-corrected chi connectivity index (χ1v) is 8.08. The zero-order valence-corrected chi connectivity index (χ0v) is 12.7. The van der Waals surface area contributed by atoms with Crippen molar-refractivity contribution in [3.63, 3.8) is 0 Å². The van der Waals surface area contributed by atoms with Crippen LogP contribution in [0.5, 0.6) is 0 Å². The number of thiophene rings is 1. The van der Waals surface area contributed by atoms with Gasteiger partial charge in [0.2, 0.25) is 5.91 Å². The Bertz CT molecular complexity index is 596. The van der Waals surface area contributed by atoms with Crippen LogP contribution in [0.3, 0.4) is 0 Å². The van der Waals surface area contributed by atoms with Crippen LogP contribution >= 0.6 is 22.9 Å². The van der Waals surface area contributed by atoms with Crippen LogP contribution < -0.4 is 0 Å². The summed E-state index contributed by atoms with van der Waals surface area (Å²) in [7, 11) is 0. The van der Waals surface area contributed by atoms with E-state index in [9.17, 15) is 4.79 Å². The molecule has 1 aliphatic rings. The van der Waals surface area contributed by atoms with Gasteiger partial charge in [-0.1, -0.05) is 35.9 Å². The fourth-order valence-electron chi connectivity index (χ4n) is 2.75. The number of hydrogen-bond acceptors (Lipinski definition) is 2. The van der Waals surface area contributed by atoms with Crippen LogP contribution in [0.1, 0.15) is 29.3 Å². The van der Waals surface area contributed by atoms with Gasteiger partial charge >= 0.3 is 0 Å². The molecule has 104 valence electrons. The lowest BCUT2D eigenvalue weighted by Crippen LogP contribution is -2.31. The molecule has 1 atom stereocenters. The van der Waals surface area contributed by atoms with Crippen LogP contribution in [0.25, 0.3) is 0 Å². The Morgan fingerprint density at radius 3 is 2.90 bits per heavy atom. The minimum absolute atomic E-state index is 0.175. The summed E-state index contributed by atoms with van der Waals surface area (Å²) in [6.07, 6.45) is 2.53. The normalized spacial score (nSPS) is 18.4. The zero-order chi connectivity index (χ0) is 13.9. The second kappa shape index (κ2) is 5.98. The van der Waals surface area contributed by atoms with E-state index in [2.05, 4.69) is 17.5 Å². The molecule has 1 saturated heterocycles. The molecule has 0 N–H and O–H groups in total. The van der Waals surface area contributed by atoms with E-state index >= 15 is 0 Å². The van der Waals surface area contributed by atoms with Gasteiger partial charge in [0.05, 0.1) is 12.5 Å². The first kappa shape index (κ1) is 13.7. The SMILES string of the molecule is O=C(Cc1ccccc1Cl)N1CCCC1c1cccs1. The largest absolute Gasteiger partial charge is 0.335 e. The Morgan fingerprint density at radius 2 is 2.15 bits per heavy atom. The van der Waals surface area contributed by atoms with Gasteiger partial charge < -0.3 is 4.90 Å². The average molecular weight is 306 g/mol. The summed E-state index contributed by atoms with van der Waals surface area (Å²) in [5.41, 5.74) is 0.913. The fourth-order valence-corrected chi connectivity index (χ4v) is 3.82. The number of hydrogen-bond donors (Lipinski definition) is 0. The summed E-state index contributed by atoms with van der Waals surface area (Å²) in [4.78, 5) is 15.8. The predicted molar refractivity (Wildman–Crippen MR) is 83.2 cm³/mol. The third kappa shape index (κ3) is 2.74. The first-order valence-electron chi connectivity index (χ1n) is 6.82. The Labute approximate surface area is 128 Å². The number of amides is 1. The van der Waals surface area contributed by atoms with E-state index in [4.69, 9.17) is 11.6 Å². The second-order valence-electron chi connectivity index (χ2n) is 5.03. The van der Waals surface area contributed by atoms with Gasteiger partial charge in [-0.2, -0.15) is 0 Å². The van der Waals surface area contributed by atoms with Gasteiger partial charge in [0.15, 0.2) is 0 Å². The summed E-state index contributed by atoms with van der Waals surface area (Å²) >= 11 is 7.87. The van der Waals surface area contributed by atoms with Crippen molar-refractivity contribution in [1.29, 1.82) is 0 Å². The van der Waals surface area contributed by atoms with E-state index in [1.165, 1.54) is 4.88 Å². The first-order chi connectivity index (χ1) is 9.75. The van der Waals surface area contributed by atoms with E-state index in [0.29, 0.717) is 11.4 Å². The highest BCUT2D eigenvalue weighted by atomic mass is 35.5. The highest BCUT2D eigenvalue weighted by molar-refractivity contribution is 7.10. The molecule has 1 aromatic carbocycles. The van der Waals surface area contributed by atoms with Crippen molar-refractivity contribution < 1.29 is 4.79 Å². The molecule has 1 aliphatic heterocycles. The van der Waals surface area contributed by atoms with Gasteiger partial charge in [0, 0.05) is 16.4 Å². The number of carbonyl (C=O) groups excluding carboxylic acids is 1. The summed E-state index contributed by atoms with van der Waals surface area (Å²) in [5.74, 6) is 0.175. The molecule has 1 aromatic heterocycles. The van der Waals surface area contributed by atoms with Crippen LogP contribution in [0, 0.1) is 0 Å². The van der Waals surface area contributed by atoms with Crippen molar-refractivity contribution in [2.45, 2.75) is 25.3 Å². The number of benzene rings is 1. The van der Waals surface area contributed by atoms with Crippen LogP contribution in [-0.2, 0) is 11.2 Å². The molecule has 2 aromatic rings. The number of nitrogens with zero attached hydrogens (tertiary/aromatic N) is 1. The van der Waals surface area contributed by atoms with Crippen LogP contribution in [0.4, 0.5) is 0 Å². The molecule has 0 radical (unpaired) electrons. The smallest absolute Gasteiger partial charge is 0.227 e. The van der Waals surface area contributed by atoms with Crippen molar-refractivity contribution in [3.05, 3.63) is 57.2 Å². The number of rotatable bonds is 3. The molecule has 0 saturated carbocycles. The molecular weight excluding hydrogens is 290 g/mol. The van der Waals surface area contributed by atoms with Crippen LogP contribution in [0.2, 0.25) is 5.02 Å². The lowest BCUT2D eigenvalue weighted by atomic mass is 10.1. The summed E-state index contributed by atoms with van der Waals surface area (Å²) < 4.78 is 0. The third-order valence-electron chi connectivity index (χ3n) is 3.74. The van der Waals surface area contributed by atoms with Gasteiger partial charge in [-0.05, 0) is 35.9 Å². The molecule has 20 heavy (non-hydrogen) atoms. The van der Waals surface area contributed by atoms with Crippen molar-refractivity contribution in [2.75, 3.05) is 6.54 Å². The van der Waals surface area contributed by atoms with Crippen molar-refractivity contribution in [1.82, 2.24) is 4.90 Å². The molecule has 1 unspecified atom stereocenters. The highest BCUT2D eigenvalue weighted by Crippen LogP contribution is 2.35. The molecule has 1 amide bonds. The van der Waals surface area contributed by atoms with E-state index < -0.39 is 0 Å². The maximum Gasteiger partial charge on any atom is 0.227 e. The standard InChI is InChI=1S/C16H16ClNOS/c17-13-6-2-1-5-12(13)11-16(19)18-9-3-7-14(18)15-8-4-10-20-15/h1-2,4-6,8,10,14H,3,7,9,11H2. The Balaban J connectivity index is 1.75. The van der Waals surface area contributed by atoms with E-state index in [1.807, 2.05) is 29.2 Å². The number of likely N-dealkylation sites (tertiary alicyclic amines) is 1. The van der Waals surface area contributed by atoms with Crippen molar-refractivity contribution in [3.8, 4) is 0 Å². The Hall–Kier alpha value is -1.32. The topological polar surface area (TPSA) is 20.3 Å². The molecule has 3 rings (SSSR count). The monoisotopic (exact) mass is 305 g/mol. The molecule has 0 spiro atoms. The molecule has 2 nitrogen and oxygen atoms in total. The molecule has 0 aliphatic carbocycles. The summed E-state index contributed by atoms with van der Waals surface area (Å²) in [6, 6.07) is 12.0. The molecule has 1 fully saturated rings. The summed E-state index contributed by atoms with van der Waals surface area (Å²) in [5, 5.41) is 2.75. The molecular formula is C16H16ClNOS. The lowest BCUT2D eigenvalue weighted by molar-refractivity contribution is -0.131. The number of carbonyl (C=O) groups is 1. The van der Waals surface area contributed by atoms with E-state index in [1.54, 1.807) is 11.3 Å². The van der Waals surface area contributed by atoms with Gasteiger partial charge in [-0.25, -0.2) is 0 Å². The fraction of sp³-hybridized carbons (Fsp3) is 0.312. The average Bonchev–Trinajstić information content (AvgIpc) is 3.11. The molecule has 0 bridgehead atoms. The van der Waals surface area contributed by atoms with Gasteiger partial charge in [-0.15, -0.1) is 11.3 Å². The Morgan fingerprint density at radius 1 is 1.30 bits per heavy atom. The van der Waals surface area contributed by atoms with Crippen LogP contribution in [0.15, 0.2) is 41.8 Å². The highest BCUT2D eigenvalue weighted by Gasteiger charge is 2.30. The molecule has 4 heteroatoms.